The summed E-state index contributed by atoms with van der Waals surface area (Å²) in [6, 6.07) is 8.50. The molecule has 1 heterocycles. The van der Waals surface area contributed by atoms with Gasteiger partial charge in [-0.2, -0.15) is 5.10 Å². The number of amides is 1. The summed E-state index contributed by atoms with van der Waals surface area (Å²) in [6.45, 7) is 6.02. The first-order valence-electron chi connectivity index (χ1n) is 9.32. The summed E-state index contributed by atoms with van der Waals surface area (Å²) in [4.78, 5) is 24.1. The number of rotatable bonds is 11. The largest absolute Gasteiger partial charge is 0.490 e. The van der Waals surface area contributed by atoms with Crippen LogP contribution < -0.4 is 20.3 Å². The van der Waals surface area contributed by atoms with Crippen molar-refractivity contribution in [2.45, 2.75) is 26.8 Å². The van der Waals surface area contributed by atoms with Crippen molar-refractivity contribution in [3.05, 3.63) is 51.9 Å². The Bertz CT molecular complexity index is 835. The van der Waals surface area contributed by atoms with Gasteiger partial charge in [-0.3, -0.25) is 9.59 Å². The minimum atomic E-state index is -0.331. The predicted octanol–water partition coefficient (Wildman–Crippen LogP) is 1.66. The van der Waals surface area contributed by atoms with Crippen LogP contribution in [0.1, 0.15) is 29.9 Å². The third-order valence-electron chi connectivity index (χ3n) is 3.91. The zero-order chi connectivity index (χ0) is 20.4. The molecule has 0 atom stereocenters. The maximum atomic E-state index is 12.3. The van der Waals surface area contributed by atoms with E-state index in [9.17, 15) is 9.59 Å². The van der Waals surface area contributed by atoms with Crippen LogP contribution in [-0.2, 0) is 17.7 Å². The third-order valence-corrected chi connectivity index (χ3v) is 3.91. The third kappa shape index (κ3) is 6.09. The van der Waals surface area contributed by atoms with Crippen molar-refractivity contribution < 1.29 is 19.0 Å². The van der Waals surface area contributed by atoms with Crippen LogP contribution in [0.3, 0.4) is 0 Å². The van der Waals surface area contributed by atoms with Gasteiger partial charge in [0, 0.05) is 19.7 Å². The molecule has 1 amide bonds. The van der Waals surface area contributed by atoms with Gasteiger partial charge in [0.1, 0.15) is 5.69 Å². The SMILES string of the molecule is CCOc1ccc(CCNC(=O)c2ccc(=O)n(CCOC)n2)cc1OCC. The molecule has 0 fully saturated rings. The van der Waals surface area contributed by atoms with Crippen LogP contribution in [0, 0.1) is 0 Å². The fraction of sp³-hybridized carbons (Fsp3) is 0.450. The quantitative estimate of drug-likeness (QED) is 0.628. The standard InChI is InChI=1S/C20H27N3O5/c1-4-27-17-8-6-15(14-18(17)28-5-2)10-11-21-20(25)16-7-9-19(24)23(22-16)12-13-26-3/h6-9,14H,4-5,10-13H2,1-3H3,(H,21,25). The molecular formula is C20H27N3O5. The number of methoxy groups -OCH3 is 1. The molecule has 1 N–H and O–H groups in total. The highest BCUT2D eigenvalue weighted by Gasteiger charge is 2.10. The van der Waals surface area contributed by atoms with E-state index in [0.29, 0.717) is 50.8 Å². The number of hydrogen-bond acceptors (Lipinski definition) is 6. The van der Waals surface area contributed by atoms with E-state index in [2.05, 4.69) is 10.4 Å². The van der Waals surface area contributed by atoms with Crippen LogP contribution >= 0.6 is 0 Å². The molecule has 0 saturated carbocycles. The number of hydrogen-bond donors (Lipinski definition) is 1. The van der Waals surface area contributed by atoms with Crippen LogP contribution in [0.4, 0.5) is 0 Å². The van der Waals surface area contributed by atoms with Crippen LogP contribution in [-0.4, -0.2) is 49.2 Å². The topological polar surface area (TPSA) is 91.7 Å². The molecule has 0 bridgehead atoms. The van der Waals surface area contributed by atoms with E-state index in [1.54, 1.807) is 7.11 Å². The molecule has 0 radical (unpaired) electrons. The Balaban J connectivity index is 1.96. The lowest BCUT2D eigenvalue weighted by molar-refractivity contribution is 0.0945. The normalized spacial score (nSPS) is 10.5. The zero-order valence-corrected chi connectivity index (χ0v) is 16.6. The number of carbonyl (C=O) groups is 1. The van der Waals surface area contributed by atoms with Gasteiger partial charge in [0.25, 0.3) is 11.5 Å². The molecule has 0 spiro atoms. The second-order valence-electron chi connectivity index (χ2n) is 5.93. The molecule has 0 unspecified atom stereocenters. The van der Waals surface area contributed by atoms with Crippen LogP contribution in [0.2, 0.25) is 0 Å². The summed E-state index contributed by atoms with van der Waals surface area (Å²) in [7, 11) is 1.54. The molecule has 2 rings (SSSR count). The molecule has 0 aliphatic rings. The molecular weight excluding hydrogens is 362 g/mol. The molecule has 8 nitrogen and oxygen atoms in total. The number of benzene rings is 1. The lowest BCUT2D eigenvalue weighted by atomic mass is 10.1. The fourth-order valence-electron chi connectivity index (χ4n) is 2.57. The molecule has 8 heteroatoms. The zero-order valence-electron chi connectivity index (χ0n) is 16.6. The van der Waals surface area contributed by atoms with Crippen LogP contribution in [0.5, 0.6) is 11.5 Å². The first kappa shape index (κ1) is 21.4. The number of nitrogens with zero attached hydrogens (tertiary/aromatic N) is 2. The molecule has 0 aliphatic heterocycles. The number of ether oxygens (including phenoxy) is 3. The lowest BCUT2D eigenvalue weighted by Crippen LogP contribution is -2.31. The minimum absolute atomic E-state index is 0.192. The van der Waals surface area contributed by atoms with Gasteiger partial charge >= 0.3 is 0 Å². The average molecular weight is 389 g/mol. The molecule has 152 valence electrons. The Morgan fingerprint density at radius 2 is 1.86 bits per heavy atom. The lowest BCUT2D eigenvalue weighted by Gasteiger charge is -2.12. The smallest absolute Gasteiger partial charge is 0.271 e. The van der Waals surface area contributed by atoms with Crippen molar-refractivity contribution in [2.24, 2.45) is 0 Å². The maximum absolute atomic E-state index is 12.3. The van der Waals surface area contributed by atoms with Gasteiger partial charge in [-0.1, -0.05) is 6.07 Å². The summed E-state index contributed by atoms with van der Waals surface area (Å²) in [5, 5.41) is 6.90. The monoisotopic (exact) mass is 389 g/mol. The molecule has 1 aromatic heterocycles. The van der Waals surface area contributed by atoms with Crippen molar-refractivity contribution in [3.8, 4) is 11.5 Å². The molecule has 0 aliphatic carbocycles. The predicted molar refractivity (Wildman–Crippen MR) is 105 cm³/mol. The second-order valence-corrected chi connectivity index (χ2v) is 5.93. The van der Waals surface area contributed by atoms with Gasteiger partial charge in [-0.15, -0.1) is 0 Å². The van der Waals surface area contributed by atoms with E-state index in [-0.39, 0.29) is 17.2 Å². The van der Waals surface area contributed by atoms with E-state index >= 15 is 0 Å². The highest BCUT2D eigenvalue weighted by atomic mass is 16.5. The number of carbonyl (C=O) groups excluding carboxylic acids is 1. The van der Waals surface area contributed by atoms with Crippen molar-refractivity contribution in [1.29, 1.82) is 0 Å². The van der Waals surface area contributed by atoms with Crippen LogP contribution in [0.25, 0.3) is 0 Å². The highest BCUT2D eigenvalue weighted by molar-refractivity contribution is 5.91. The summed E-state index contributed by atoms with van der Waals surface area (Å²) in [5.74, 6) is 1.07. The second kappa shape index (κ2) is 11.1. The van der Waals surface area contributed by atoms with Crippen molar-refractivity contribution >= 4 is 5.91 Å². The van der Waals surface area contributed by atoms with Gasteiger partial charge in [-0.25, -0.2) is 4.68 Å². The fourth-order valence-corrected chi connectivity index (χ4v) is 2.57. The first-order valence-corrected chi connectivity index (χ1v) is 9.32. The van der Waals surface area contributed by atoms with E-state index in [1.165, 1.54) is 16.8 Å². The average Bonchev–Trinajstić information content (AvgIpc) is 2.69. The summed E-state index contributed by atoms with van der Waals surface area (Å²) >= 11 is 0. The summed E-state index contributed by atoms with van der Waals surface area (Å²) in [6.07, 6.45) is 0.627. The van der Waals surface area contributed by atoms with E-state index in [4.69, 9.17) is 14.2 Å². The van der Waals surface area contributed by atoms with Gasteiger partial charge in [-0.05, 0) is 44.0 Å². The molecule has 28 heavy (non-hydrogen) atoms. The Labute approximate surface area is 164 Å². The van der Waals surface area contributed by atoms with Crippen molar-refractivity contribution in [3.63, 3.8) is 0 Å². The number of aromatic nitrogens is 2. The van der Waals surface area contributed by atoms with Crippen LogP contribution in [0.15, 0.2) is 35.1 Å². The molecule has 0 saturated heterocycles. The van der Waals surface area contributed by atoms with E-state index < -0.39 is 0 Å². The number of nitrogens with one attached hydrogen (secondary N) is 1. The Hall–Kier alpha value is -2.87. The van der Waals surface area contributed by atoms with Gasteiger partial charge in [0.05, 0.1) is 26.4 Å². The Morgan fingerprint density at radius 3 is 2.57 bits per heavy atom. The summed E-state index contributed by atoms with van der Waals surface area (Å²) in [5.41, 5.74) is 0.939. The molecule has 2 aromatic rings. The van der Waals surface area contributed by atoms with Crippen molar-refractivity contribution in [2.75, 3.05) is 33.5 Å². The van der Waals surface area contributed by atoms with E-state index in [1.807, 2.05) is 32.0 Å². The maximum Gasteiger partial charge on any atom is 0.271 e. The van der Waals surface area contributed by atoms with Gasteiger partial charge in [0.2, 0.25) is 0 Å². The Morgan fingerprint density at radius 1 is 1.11 bits per heavy atom. The first-order chi connectivity index (χ1) is 13.6. The molecule has 1 aromatic carbocycles. The Kier molecular flexibility index (Phi) is 8.48. The van der Waals surface area contributed by atoms with Crippen molar-refractivity contribution in [1.82, 2.24) is 15.1 Å². The van der Waals surface area contributed by atoms with Gasteiger partial charge < -0.3 is 19.5 Å². The van der Waals surface area contributed by atoms with Gasteiger partial charge in [0.15, 0.2) is 11.5 Å². The summed E-state index contributed by atoms with van der Waals surface area (Å²) < 4.78 is 17.3. The minimum Gasteiger partial charge on any atom is -0.490 e. The van der Waals surface area contributed by atoms with E-state index in [0.717, 1.165) is 5.56 Å². The highest BCUT2D eigenvalue weighted by Crippen LogP contribution is 2.28.